The van der Waals surface area contributed by atoms with Gasteiger partial charge in [-0.05, 0) is 37.0 Å². The highest BCUT2D eigenvalue weighted by molar-refractivity contribution is 5.44. The molecule has 0 atom stereocenters. The van der Waals surface area contributed by atoms with Crippen molar-refractivity contribution in [2.24, 2.45) is 0 Å². The number of rotatable bonds is 14. The summed E-state index contributed by atoms with van der Waals surface area (Å²) in [4.78, 5) is 0. The van der Waals surface area contributed by atoms with Crippen LogP contribution in [0.15, 0.2) is 18.2 Å². The molecule has 0 bridgehead atoms. The number of hydrogen-bond donors (Lipinski definition) is 0. The van der Waals surface area contributed by atoms with E-state index >= 15 is 0 Å². The zero-order valence-corrected chi connectivity index (χ0v) is 15.1. The summed E-state index contributed by atoms with van der Waals surface area (Å²) < 4.78 is 21.9. The zero-order chi connectivity index (χ0) is 16.9. The van der Waals surface area contributed by atoms with Crippen LogP contribution in [0.1, 0.15) is 63.9 Å². The van der Waals surface area contributed by atoms with Crippen LogP contribution in [0.4, 0.5) is 0 Å². The summed E-state index contributed by atoms with van der Waals surface area (Å²) >= 11 is 0. The molecule has 1 aliphatic heterocycles. The summed E-state index contributed by atoms with van der Waals surface area (Å²) in [5.41, 5.74) is 1.14. The second-order valence-corrected chi connectivity index (χ2v) is 6.33. The Morgan fingerprint density at radius 1 is 0.792 bits per heavy atom. The molecule has 24 heavy (non-hydrogen) atoms. The molecular formula is C20H32O4. The zero-order valence-electron chi connectivity index (χ0n) is 15.1. The first-order valence-corrected chi connectivity index (χ1v) is 9.44. The van der Waals surface area contributed by atoms with E-state index in [0.717, 1.165) is 49.7 Å². The third-order valence-corrected chi connectivity index (χ3v) is 4.13. The lowest BCUT2D eigenvalue weighted by Crippen LogP contribution is -1.96. The van der Waals surface area contributed by atoms with Crippen LogP contribution in [0, 0.1) is 0 Å². The van der Waals surface area contributed by atoms with Gasteiger partial charge in [-0.25, -0.2) is 0 Å². The van der Waals surface area contributed by atoms with Gasteiger partial charge < -0.3 is 18.9 Å². The average Bonchev–Trinajstić information content (AvgIpc) is 3.07. The Labute approximate surface area is 146 Å². The Morgan fingerprint density at radius 3 is 2.21 bits per heavy atom. The lowest BCUT2D eigenvalue weighted by Gasteiger charge is -2.06. The van der Waals surface area contributed by atoms with E-state index in [1.807, 2.05) is 18.2 Å². The minimum absolute atomic E-state index is 0.325. The maximum atomic E-state index is 5.75. The van der Waals surface area contributed by atoms with Crippen molar-refractivity contribution in [1.29, 1.82) is 0 Å². The maximum Gasteiger partial charge on any atom is 0.231 e. The van der Waals surface area contributed by atoms with Crippen molar-refractivity contribution < 1.29 is 18.9 Å². The highest BCUT2D eigenvalue weighted by Gasteiger charge is 2.12. The molecule has 0 unspecified atom stereocenters. The Hall–Kier alpha value is -1.26. The van der Waals surface area contributed by atoms with Gasteiger partial charge in [0.15, 0.2) is 11.5 Å². The molecule has 0 spiro atoms. The maximum absolute atomic E-state index is 5.75. The van der Waals surface area contributed by atoms with Crippen molar-refractivity contribution in [3.63, 3.8) is 0 Å². The third kappa shape index (κ3) is 7.54. The van der Waals surface area contributed by atoms with Gasteiger partial charge >= 0.3 is 0 Å². The van der Waals surface area contributed by atoms with Gasteiger partial charge in [-0.3, -0.25) is 0 Å². The molecule has 0 saturated carbocycles. The Kier molecular flexibility index (Phi) is 9.66. The molecule has 0 radical (unpaired) electrons. The highest BCUT2D eigenvalue weighted by Crippen LogP contribution is 2.32. The molecule has 1 aromatic rings. The summed E-state index contributed by atoms with van der Waals surface area (Å²) in [5.74, 6) is 1.66. The van der Waals surface area contributed by atoms with Crippen LogP contribution in [-0.2, 0) is 16.1 Å². The van der Waals surface area contributed by atoms with Crippen LogP contribution in [0.2, 0.25) is 0 Å². The van der Waals surface area contributed by atoms with E-state index in [1.165, 1.54) is 38.5 Å². The largest absolute Gasteiger partial charge is 0.454 e. The summed E-state index contributed by atoms with van der Waals surface area (Å²) in [6, 6.07) is 6.00. The van der Waals surface area contributed by atoms with Crippen LogP contribution in [0.3, 0.4) is 0 Å². The summed E-state index contributed by atoms with van der Waals surface area (Å²) in [6.45, 7) is 5.80. The molecule has 2 rings (SSSR count). The average molecular weight is 336 g/mol. The minimum atomic E-state index is 0.325. The quantitative estimate of drug-likeness (QED) is 0.443. The van der Waals surface area contributed by atoms with E-state index in [4.69, 9.17) is 18.9 Å². The first-order valence-electron chi connectivity index (χ1n) is 9.44. The summed E-state index contributed by atoms with van der Waals surface area (Å²) in [5, 5.41) is 0. The predicted octanol–water partition coefficient (Wildman–Crippen LogP) is 5.09. The van der Waals surface area contributed by atoms with Gasteiger partial charge in [-0.1, -0.05) is 45.1 Å². The Morgan fingerprint density at radius 2 is 1.46 bits per heavy atom. The molecule has 0 saturated heterocycles. The number of ether oxygens (including phenoxy) is 4. The Bertz CT molecular complexity index is 447. The van der Waals surface area contributed by atoms with Gasteiger partial charge in [-0.2, -0.15) is 0 Å². The predicted molar refractivity (Wildman–Crippen MR) is 95.7 cm³/mol. The fourth-order valence-electron chi connectivity index (χ4n) is 2.76. The molecule has 0 aliphatic carbocycles. The number of hydrogen-bond acceptors (Lipinski definition) is 4. The van der Waals surface area contributed by atoms with Crippen LogP contribution in [-0.4, -0.2) is 26.6 Å². The van der Waals surface area contributed by atoms with E-state index < -0.39 is 0 Å². The topological polar surface area (TPSA) is 36.9 Å². The van der Waals surface area contributed by atoms with Gasteiger partial charge in [-0.15, -0.1) is 0 Å². The monoisotopic (exact) mass is 336 g/mol. The second-order valence-electron chi connectivity index (χ2n) is 6.33. The first kappa shape index (κ1) is 19.1. The molecule has 4 heteroatoms. The summed E-state index contributed by atoms with van der Waals surface area (Å²) in [6.07, 6.45) is 9.99. The Balaban J connectivity index is 1.37. The fourth-order valence-corrected chi connectivity index (χ4v) is 2.76. The number of benzene rings is 1. The second kappa shape index (κ2) is 12.2. The van der Waals surface area contributed by atoms with E-state index in [-0.39, 0.29) is 0 Å². The molecule has 4 nitrogen and oxygen atoms in total. The van der Waals surface area contributed by atoms with Gasteiger partial charge in [0.05, 0.1) is 6.61 Å². The van der Waals surface area contributed by atoms with Gasteiger partial charge in [0.1, 0.15) is 0 Å². The molecule has 0 N–H and O–H groups in total. The lowest BCUT2D eigenvalue weighted by molar-refractivity contribution is 0.116. The molecule has 0 fully saturated rings. The van der Waals surface area contributed by atoms with Crippen LogP contribution in [0.5, 0.6) is 11.5 Å². The molecule has 1 aromatic carbocycles. The smallest absolute Gasteiger partial charge is 0.231 e. The van der Waals surface area contributed by atoms with Crippen molar-refractivity contribution in [2.75, 3.05) is 26.6 Å². The van der Waals surface area contributed by atoms with Gasteiger partial charge in [0.2, 0.25) is 6.79 Å². The minimum Gasteiger partial charge on any atom is -0.454 e. The molecule has 0 aromatic heterocycles. The van der Waals surface area contributed by atoms with Crippen LogP contribution >= 0.6 is 0 Å². The first-order chi connectivity index (χ1) is 11.9. The summed E-state index contributed by atoms with van der Waals surface area (Å²) in [7, 11) is 0. The van der Waals surface area contributed by atoms with Crippen molar-refractivity contribution in [2.45, 2.75) is 64.9 Å². The highest BCUT2D eigenvalue weighted by atomic mass is 16.7. The SMILES string of the molecule is CCCOCCCCCCCCCOCc1ccc2c(c1)OCO2. The van der Waals surface area contributed by atoms with Crippen LogP contribution in [0.25, 0.3) is 0 Å². The van der Waals surface area contributed by atoms with E-state index in [2.05, 4.69) is 6.92 Å². The van der Waals surface area contributed by atoms with Gasteiger partial charge in [0.25, 0.3) is 0 Å². The van der Waals surface area contributed by atoms with Crippen molar-refractivity contribution >= 4 is 0 Å². The molecule has 1 aliphatic rings. The van der Waals surface area contributed by atoms with Crippen LogP contribution < -0.4 is 9.47 Å². The molecule has 136 valence electrons. The molecular weight excluding hydrogens is 304 g/mol. The van der Waals surface area contributed by atoms with Crippen molar-refractivity contribution in [3.05, 3.63) is 23.8 Å². The van der Waals surface area contributed by atoms with E-state index in [9.17, 15) is 0 Å². The number of unbranched alkanes of at least 4 members (excludes halogenated alkanes) is 6. The van der Waals surface area contributed by atoms with E-state index in [0.29, 0.717) is 13.4 Å². The van der Waals surface area contributed by atoms with Crippen molar-refractivity contribution in [3.8, 4) is 11.5 Å². The molecule has 0 amide bonds. The molecule has 1 heterocycles. The number of fused-ring (bicyclic) bond motifs is 1. The third-order valence-electron chi connectivity index (χ3n) is 4.13. The standard InChI is InChI=1S/C20H32O4/c1-2-12-21-13-8-6-4-3-5-7-9-14-22-16-18-10-11-19-20(15-18)24-17-23-19/h10-11,15H,2-9,12-14,16-17H2,1H3. The normalized spacial score (nSPS) is 12.7. The lowest BCUT2D eigenvalue weighted by atomic mass is 10.1. The van der Waals surface area contributed by atoms with Gasteiger partial charge in [0, 0.05) is 19.8 Å². The van der Waals surface area contributed by atoms with Crippen molar-refractivity contribution in [1.82, 2.24) is 0 Å². The fraction of sp³-hybridized carbons (Fsp3) is 0.700. The van der Waals surface area contributed by atoms with E-state index in [1.54, 1.807) is 0 Å².